The maximum absolute atomic E-state index is 11.6. The van der Waals surface area contributed by atoms with E-state index in [2.05, 4.69) is 11.6 Å². The molecule has 2 unspecified atom stereocenters. The smallest absolute Gasteiger partial charge is 0.223 e. The third kappa shape index (κ3) is 1.85. The molecule has 0 bridgehead atoms. The summed E-state index contributed by atoms with van der Waals surface area (Å²) in [6.45, 7) is 0. The van der Waals surface area contributed by atoms with Crippen molar-refractivity contribution in [2.24, 2.45) is 5.92 Å². The number of thioether (sulfide) groups is 1. The van der Waals surface area contributed by atoms with E-state index in [9.17, 15) is 4.79 Å². The van der Waals surface area contributed by atoms with Crippen LogP contribution in [0.25, 0.3) is 0 Å². The van der Waals surface area contributed by atoms with Crippen LogP contribution < -0.4 is 5.32 Å². The number of amides is 1. The highest BCUT2D eigenvalue weighted by Gasteiger charge is 2.34. The van der Waals surface area contributed by atoms with E-state index >= 15 is 0 Å². The zero-order valence-electron chi connectivity index (χ0n) is 8.08. The monoisotopic (exact) mass is 199 g/mol. The Balaban J connectivity index is 1.74. The molecule has 0 aliphatic heterocycles. The minimum atomic E-state index is 0.315. The Morgan fingerprint density at radius 3 is 2.46 bits per heavy atom. The van der Waals surface area contributed by atoms with Crippen molar-refractivity contribution in [3.05, 3.63) is 0 Å². The van der Waals surface area contributed by atoms with Crippen molar-refractivity contribution in [3.8, 4) is 0 Å². The topological polar surface area (TPSA) is 29.1 Å². The lowest BCUT2D eigenvalue weighted by Gasteiger charge is -2.37. The Labute approximate surface area is 83.8 Å². The number of hydrogen-bond donors (Lipinski definition) is 1. The fourth-order valence-corrected chi connectivity index (χ4v) is 2.79. The van der Waals surface area contributed by atoms with Gasteiger partial charge in [-0.15, -0.1) is 0 Å². The van der Waals surface area contributed by atoms with Crippen LogP contribution in [-0.2, 0) is 4.79 Å². The molecule has 2 aliphatic carbocycles. The number of carbonyl (C=O) groups is 1. The van der Waals surface area contributed by atoms with E-state index in [1.54, 1.807) is 0 Å². The summed E-state index contributed by atoms with van der Waals surface area (Å²) in [4.78, 5) is 11.6. The summed E-state index contributed by atoms with van der Waals surface area (Å²) >= 11 is 1.88. The lowest BCUT2D eigenvalue weighted by Crippen LogP contribution is -2.51. The van der Waals surface area contributed by atoms with E-state index in [4.69, 9.17) is 0 Å². The Morgan fingerprint density at radius 1 is 1.31 bits per heavy atom. The van der Waals surface area contributed by atoms with E-state index in [0.29, 0.717) is 23.1 Å². The Kier molecular flexibility index (Phi) is 2.82. The van der Waals surface area contributed by atoms with Crippen LogP contribution in [0.3, 0.4) is 0 Å². The van der Waals surface area contributed by atoms with Crippen LogP contribution in [0.4, 0.5) is 0 Å². The average Bonchev–Trinajstić information content (AvgIpc) is 1.96. The maximum atomic E-state index is 11.6. The van der Waals surface area contributed by atoms with Gasteiger partial charge >= 0.3 is 0 Å². The molecule has 2 saturated carbocycles. The van der Waals surface area contributed by atoms with Gasteiger partial charge in [-0.1, -0.05) is 6.42 Å². The van der Waals surface area contributed by atoms with E-state index in [-0.39, 0.29) is 0 Å². The summed E-state index contributed by atoms with van der Waals surface area (Å²) in [6, 6.07) is 0.475. The second kappa shape index (κ2) is 3.91. The van der Waals surface area contributed by atoms with Gasteiger partial charge in [-0.05, 0) is 31.9 Å². The van der Waals surface area contributed by atoms with Crippen molar-refractivity contribution < 1.29 is 4.79 Å². The molecule has 0 saturated heterocycles. The molecule has 2 atom stereocenters. The quantitative estimate of drug-likeness (QED) is 0.751. The number of carbonyl (C=O) groups excluding carboxylic acids is 1. The van der Waals surface area contributed by atoms with Gasteiger partial charge in [0.1, 0.15) is 0 Å². The Hall–Kier alpha value is -0.180. The zero-order chi connectivity index (χ0) is 9.26. The summed E-state index contributed by atoms with van der Waals surface area (Å²) < 4.78 is 0. The zero-order valence-corrected chi connectivity index (χ0v) is 8.90. The largest absolute Gasteiger partial charge is 0.352 e. The lowest BCUT2D eigenvalue weighted by molar-refractivity contribution is -0.128. The normalized spacial score (nSPS) is 33.3. The van der Waals surface area contributed by atoms with Crippen LogP contribution in [0.5, 0.6) is 0 Å². The molecular formula is C10H17NOS. The Morgan fingerprint density at radius 2 is 2.08 bits per heavy atom. The molecule has 1 N–H and O–H groups in total. The first-order valence-electron chi connectivity index (χ1n) is 5.14. The highest BCUT2D eigenvalue weighted by atomic mass is 32.2. The van der Waals surface area contributed by atoms with E-state index < -0.39 is 0 Å². The molecule has 1 amide bonds. The second-order valence-electron chi connectivity index (χ2n) is 4.09. The molecule has 2 nitrogen and oxygen atoms in total. The third-order valence-corrected chi connectivity index (χ3v) is 4.49. The third-order valence-electron chi connectivity index (χ3n) is 3.32. The first-order chi connectivity index (χ1) is 6.31. The van der Waals surface area contributed by atoms with Crippen LogP contribution >= 0.6 is 11.8 Å². The first-order valence-corrected chi connectivity index (χ1v) is 6.43. The molecule has 0 spiro atoms. The average molecular weight is 199 g/mol. The highest BCUT2D eigenvalue weighted by Crippen LogP contribution is 2.32. The van der Waals surface area contributed by atoms with Crippen molar-refractivity contribution in [1.82, 2.24) is 5.32 Å². The highest BCUT2D eigenvalue weighted by molar-refractivity contribution is 7.99. The molecule has 3 heteroatoms. The molecule has 74 valence electrons. The Bertz CT molecular complexity index is 201. The van der Waals surface area contributed by atoms with Crippen molar-refractivity contribution in [3.63, 3.8) is 0 Å². The SMILES string of the molecule is CSC1CCC1NC(=O)C1CCC1. The maximum Gasteiger partial charge on any atom is 0.223 e. The van der Waals surface area contributed by atoms with Gasteiger partial charge in [-0.3, -0.25) is 4.79 Å². The van der Waals surface area contributed by atoms with Gasteiger partial charge in [0, 0.05) is 17.2 Å². The first kappa shape index (κ1) is 9.38. The van der Waals surface area contributed by atoms with Crippen molar-refractivity contribution >= 4 is 17.7 Å². The molecule has 0 aromatic carbocycles. The van der Waals surface area contributed by atoms with E-state index in [1.807, 2.05) is 11.8 Å². The van der Waals surface area contributed by atoms with Gasteiger partial charge in [0.2, 0.25) is 5.91 Å². The number of rotatable bonds is 3. The molecule has 13 heavy (non-hydrogen) atoms. The molecule has 2 aliphatic rings. The van der Waals surface area contributed by atoms with Crippen molar-refractivity contribution in [2.45, 2.75) is 43.4 Å². The fourth-order valence-electron chi connectivity index (χ4n) is 1.89. The molecule has 0 radical (unpaired) electrons. The van der Waals surface area contributed by atoms with Crippen molar-refractivity contribution in [2.75, 3.05) is 6.26 Å². The predicted molar refractivity (Wildman–Crippen MR) is 55.8 cm³/mol. The summed E-state index contributed by atoms with van der Waals surface area (Å²) in [5.41, 5.74) is 0. The minimum Gasteiger partial charge on any atom is -0.352 e. The van der Waals surface area contributed by atoms with Gasteiger partial charge in [0.05, 0.1) is 0 Å². The van der Waals surface area contributed by atoms with Crippen LogP contribution in [0.15, 0.2) is 0 Å². The molecule has 2 fully saturated rings. The number of hydrogen-bond acceptors (Lipinski definition) is 2. The van der Waals surface area contributed by atoms with Gasteiger partial charge < -0.3 is 5.32 Å². The lowest BCUT2D eigenvalue weighted by atomic mass is 9.83. The summed E-state index contributed by atoms with van der Waals surface area (Å²) in [5.74, 6) is 0.665. The van der Waals surface area contributed by atoms with E-state index in [0.717, 1.165) is 12.8 Å². The fraction of sp³-hybridized carbons (Fsp3) is 0.900. The van der Waals surface area contributed by atoms with Crippen LogP contribution in [0.1, 0.15) is 32.1 Å². The van der Waals surface area contributed by atoms with Gasteiger partial charge in [0.25, 0.3) is 0 Å². The molecule has 2 rings (SSSR count). The van der Waals surface area contributed by atoms with Crippen LogP contribution in [0, 0.1) is 5.92 Å². The molecule has 0 aromatic heterocycles. The summed E-state index contributed by atoms with van der Waals surface area (Å²) in [5, 5.41) is 3.84. The molecule has 0 heterocycles. The second-order valence-corrected chi connectivity index (χ2v) is 5.17. The van der Waals surface area contributed by atoms with Gasteiger partial charge in [-0.2, -0.15) is 11.8 Å². The van der Waals surface area contributed by atoms with Crippen LogP contribution in [0.2, 0.25) is 0 Å². The van der Waals surface area contributed by atoms with Crippen molar-refractivity contribution in [1.29, 1.82) is 0 Å². The summed E-state index contributed by atoms with van der Waals surface area (Å²) in [6.07, 6.45) is 8.06. The standard InChI is InChI=1S/C10H17NOS/c1-13-9-6-5-8(9)11-10(12)7-3-2-4-7/h7-9H,2-6H2,1H3,(H,11,12). The molecular weight excluding hydrogens is 182 g/mol. The summed E-state index contributed by atoms with van der Waals surface area (Å²) in [7, 11) is 0. The molecule has 0 aromatic rings. The van der Waals surface area contributed by atoms with Crippen LogP contribution in [-0.4, -0.2) is 23.5 Å². The van der Waals surface area contributed by atoms with E-state index in [1.165, 1.54) is 19.3 Å². The predicted octanol–water partition coefficient (Wildman–Crippen LogP) is 1.80. The van der Waals surface area contributed by atoms with Gasteiger partial charge in [-0.25, -0.2) is 0 Å². The minimum absolute atomic E-state index is 0.315. The van der Waals surface area contributed by atoms with Gasteiger partial charge in [0.15, 0.2) is 0 Å². The number of nitrogens with one attached hydrogen (secondary N) is 1.